The first-order valence-corrected chi connectivity index (χ1v) is 7.90. The second kappa shape index (κ2) is 7.81. The van der Waals surface area contributed by atoms with E-state index in [9.17, 15) is 13.2 Å². The zero-order valence-electron chi connectivity index (χ0n) is 14.2. The lowest BCUT2D eigenvalue weighted by Crippen LogP contribution is -2.13. The number of hydrogen-bond acceptors (Lipinski definition) is 6. The van der Waals surface area contributed by atoms with Crippen molar-refractivity contribution in [2.45, 2.75) is 13.1 Å². The van der Waals surface area contributed by atoms with Crippen molar-refractivity contribution in [1.82, 2.24) is 15.0 Å². The molecule has 3 rings (SSSR count). The van der Waals surface area contributed by atoms with Crippen LogP contribution in [-0.2, 0) is 6.18 Å². The summed E-state index contributed by atoms with van der Waals surface area (Å²) in [5.41, 5.74) is 3.52. The van der Waals surface area contributed by atoms with E-state index in [1.54, 1.807) is 61.8 Å². The Morgan fingerprint density at radius 2 is 1.74 bits per heavy atom. The first-order chi connectivity index (χ1) is 12.9. The van der Waals surface area contributed by atoms with Crippen LogP contribution in [0.2, 0.25) is 0 Å². The summed E-state index contributed by atoms with van der Waals surface area (Å²) in [6.07, 6.45) is -0.639. The van der Waals surface area contributed by atoms with Gasteiger partial charge in [-0.25, -0.2) is 10.4 Å². The summed E-state index contributed by atoms with van der Waals surface area (Å²) < 4.78 is 39.7. The van der Waals surface area contributed by atoms with Gasteiger partial charge in [-0.2, -0.15) is 23.3 Å². The molecule has 0 saturated carbocycles. The standard InChI is InChI=1S/C18H15F3N6/c1-12(13-7-9-22-10-8-13)26-27-17-23-11-15(18(19,20)21)16(25-17)24-14-5-3-2-4-6-14/h2-11H,1H3,(H2,23,24,25,27). The van der Waals surface area contributed by atoms with Gasteiger partial charge < -0.3 is 5.32 Å². The van der Waals surface area contributed by atoms with E-state index in [-0.39, 0.29) is 11.8 Å². The largest absolute Gasteiger partial charge is 0.421 e. The molecule has 2 N–H and O–H groups in total. The molecule has 0 unspecified atom stereocenters. The second-order valence-corrected chi connectivity index (χ2v) is 5.49. The number of halogens is 3. The van der Waals surface area contributed by atoms with Crippen molar-refractivity contribution in [2.24, 2.45) is 5.10 Å². The van der Waals surface area contributed by atoms with E-state index >= 15 is 0 Å². The Balaban J connectivity index is 1.87. The molecule has 0 atom stereocenters. The highest BCUT2D eigenvalue weighted by Crippen LogP contribution is 2.35. The number of nitrogens with zero attached hydrogens (tertiary/aromatic N) is 4. The Kier molecular flexibility index (Phi) is 5.30. The van der Waals surface area contributed by atoms with Gasteiger partial charge in [-0.15, -0.1) is 0 Å². The fourth-order valence-corrected chi connectivity index (χ4v) is 2.19. The molecule has 0 aliphatic heterocycles. The maximum absolute atomic E-state index is 13.2. The molecule has 0 amide bonds. The maximum atomic E-state index is 13.2. The third-order valence-electron chi connectivity index (χ3n) is 3.55. The van der Waals surface area contributed by atoms with Crippen LogP contribution in [0.1, 0.15) is 18.1 Å². The second-order valence-electron chi connectivity index (χ2n) is 5.49. The normalized spacial score (nSPS) is 11.9. The fraction of sp³-hybridized carbons (Fsp3) is 0.111. The molecular weight excluding hydrogens is 357 g/mol. The summed E-state index contributed by atoms with van der Waals surface area (Å²) in [6, 6.07) is 12.0. The van der Waals surface area contributed by atoms with Crippen molar-refractivity contribution in [3.63, 3.8) is 0 Å². The highest BCUT2D eigenvalue weighted by atomic mass is 19.4. The number of alkyl halides is 3. The van der Waals surface area contributed by atoms with E-state index in [1.165, 1.54) is 0 Å². The van der Waals surface area contributed by atoms with Crippen LogP contribution in [0.4, 0.5) is 30.6 Å². The third kappa shape index (κ3) is 4.78. The number of hydrazone groups is 1. The predicted octanol–water partition coefficient (Wildman–Crippen LogP) is 4.47. The highest BCUT2D eigenvalue weighted by Gasteiger charge is 2.35. The zero-order valence-corrected chi connectivity index (χ0v) is 14.2. The van der Waals surface area contributed by atoms with E-state index in [0.29, 0.717) is 11.4 Å². The van der Waals surface area contributed by atoms with E-state index in [4.69, 9.17) is 0 Å². The first kappa shape index (κ1) is 18.3. The van der Waals surface area contributed by atoms with Gasteiger partial charge in [0.05, 0.1) is 5.71 Å². The number of nitrogens with one attached hydrogen (secondary N) is 2. The van der Waals surface area contributed by atoms with E-state index < -0.39 is 11.7 Å². The Hall–Kier alpha value is -3.49. The van der Waals surface area contributed by atoms with Crippen LogP contribution in [0.25, 0.3) is 0 Å². The van der Waals surface area contributed by atoms with E-state index in [2.05, 4.69) is 30.8 Å². The molecule has 0 spiro atoms. The molecular formula is C18H15F3N6. The van der Waals surface area contributed by atoms with Crippen molar-refractivity contribution < 1.29 is 13.2 Å². The summed E-state index contributed by atoms with van der Waals surface area (Å²) in [6.45, 7) is 1.75. The topological polar surface area (TPSA) is 75.1 Å². The van der Waals surface area contributed by atoms with E-state index in [1.807, 2.05) is 0 Å². The van der Waals surface area contributed by atoms with Gasteiger partial charge in [0.1, 0.15) is 11.4 Å². The summed E-state index contributed by atoms with van der Waals surface area (Å²) >= 11 is 0. The molecule has 9 heteroatoms. The molecule has 138 valence electrons. The minimum Gasteiger partial charge on any atom is -0.340 e. The van der Waals surface area contributed by atoms with Gasteiger partial charge in [0, 0.05) is 29.8 Å². The third-order valence-corrected chi connectivity index (χ3v) is 3.55. The molecule has 6 nitrogen and oxygen atoms in total. The molecule has 0 aliphatic rings. The van der Waals surface area contributed by atoms with E-state index in [0.717, 1.165) is 11.8 Å². The van der Waals surface area contributed by atoms with Crippen LogP contribution in [0.15, 0.2) is 66.2 Å². The number of rotatable bonds is 5. The van der Waals surface area contributed by atoms with Crippen LogP contribution in [0.3, 0.4) is 0 Å². The van der Waals surface area contributed by atoms with Crippen LogP contribution >= 0.6 is 0 Å². The maximum Gasteiger partial charge on any atom is 0.421 e. The first-order valence-electron chi connectivity index (χ1n) is 7.90. The van der Waals surface area contributed by atoms with Crippen molar-refractivity contribution in [2.75, 3.05) is 10.7 Å². The average Bonchev–Trinajstić information content (AvgIpc) is 2.67. The minimum absolute atomic E-state index is 0.0603. The quantitative estimate of drug-likeness (QED) is 0.511. The number of pyridine rings is 1. The molecule has 0 fully saturated rings. The minimum atomic E-state index is -4.59. The Morgan fingerprint density at radius 1 is 1.04 bits per heavy atom. The molecule has 0 saturated heterocycles. The van der Waals surface area contributed by atoms with Crippen LogP contribution < -0.4 is 10.7 Å². The van der Waals surface area contributed by atoms with Crippen molar-refractivity contribution >= 4 is 23.2 Å². The van der Waals surface area contributed by atoms with Crippen molar-refractivity contribution in [3.8, 4) is 0 Å². The summed E-state index contributed by atoms with van der Waals surface area (Å²) in [7, 11) is 0. The van der Waals surface area contributed by atoms with Gasteiger partial charge >= 0.3 is 6.18 Å². The molecule has 0 aliphatic carbocycles. The zero-order chi connectivity index (χ0) is 19.3. The number of anilines is 3. The number of para-hydroxylation sites is 1. The summed E-state index contributed by atoms with van der Waals surface area (Å²) in [5, 5.41) is 6.78. The lowest BCUT2D eigenvalue weighted by Gasteiger charge is -2.14. The lowest BCUT2D eigenvalue weighted by atomic mass is 10.2. The SMILES string of the molecule is CC(=NNc1ncc(C(F)(F)F)c(Nc2ccccc2)n1)c1ccncc1. The van der Waals surface area contributed by atoms with Gasteiger partial charge in [-0.3, -0.25) is 4.98 Å². The molecule has 1 aromatic carbocycles. The predicted molar refractivity (Wildman–Crippen MR) is 96.8 cm³/mol. The monoisotopic (exact) mass is 372 g/mol. The molecule has 2 heterocycles. The van der Waals surface area contributed by atoms with Crippen LogP contribution in [0.5, 0.6) is 0 Å². The number of aromatic nitrogens is 3. The lowest BCUT2D eigenvalue weighted by molar-refractivity contribution is -0.137. The van der Waals surface area contributed by atoms with Crippen LogP contribution in [-0.4, -0.2) is 20.7 Å². The number of benzene rings is 1. The smallest absolute Gasteiger partial charge is 0.340 e. The fourth-order valence-electron chi connectivity index (χ4n) is 2.19. The van der Waals surface area contributed by atoms with Crippen molar-refractivity contribution in [3.05, 3.63) is 72.2 Å². The molecule has 2 aromatic heterocycles. The van der Waals surface area contributed by atoms with Gasteiger partial charge in [0.15, 0.2) is 0 Å². The molecule has 0 bridgehead atoms. The van der Waals surface area contributed by atoms with Crippen molar-refractivity contribution in [1.29, 1.82) is 0 Å². The molecule has 27 heavy (non-hydrogen) atoms. The summed E-state index contributed by atoms with van der Waals surface area (Å²) in [5.74, 6) is -0.419. The van der Waals surface area contributed by atoms with Crippen LogP contribution in [0, 0.1) is 0 Å². The van der Waals surface area contributed by atoms with Gasteiger partial charge in [-0.1, -0.05) is 18.2 Å². The Labute approximate surface area is 153 Å². The molecule has 0 radical (unpaired) electrons. The van der Waals surface area contributed by atoms with Gasteiger partial charge in [0.25, 0.3) is 0 Å². The van der Waals surface area contributed by atoms with Gasteiger partial charge in [-0.05, 0) is 31.2 Å². The Bertz CT molecular complexity index is 927. The summed E-state index contributed by atoms with van der Waals surface area (Å²) in [4.78, 5) is 11.6. The Morgan fingerprint density at radius 3 is 2.41 bits per heavy atom. The average molecular weight is 372 g/mol. The number of hydrogen-bond donors (Lipinski definition) is 2. The molecule has 3 aromatic rings. The van der Waals surface area contributed by atoms with Gasteiger partial charge in [0.2, 0.25) is 5.95 Å². The highest BCUT2D eigenvalue weighted by molar-refractivity contribution is 5.98.